The molecular formula is C21H20ClN3O3. The monoisotopic (exact) mass is 397 g/mol. The first kappa shape index (κ1) is 19.7. The number of nitrogens with one attached hydrogen (secondary N) is 1. The Bertz CT molecular complexity index is 963. The van der Waals surface area contributed by atoms with E-state index in [0.29, 0.717) is 16.3 Å². The highest BCUT2D eigenvalue weighted by Crippen LogP contribution is 2.45. The van der Waals surface area contributed by atoms with Crippen molar-refractivity contribution in [3.63, 3.8) is 0 Å². The van der Waals surface area contributed by atoms with Crippen LogP contribution in [-0.2, 0) is 21.6 Å². The maximum atomic E-state index is 13.3. The van der Waals surface area contributed by atoms with Crippen molar-refractivity contribution in [1.82, 2.24) is 5.32 Å². The van der Waals surface area contributed by atoms with Gasteiger partial charge in [-0.15, -0.1) is 0 Å². The third kappa shape index (κ3) is 3.54. The summed E-state index contributed by atoms with van der Waals surface area (Å²) in [6.45, 7) is 5.33. The van der Waals surface area contributed by atoms with Gasteiger partial charge in [0, 0.05) is 5.56 Å². The topological polar surface area (TPSA) is 82.4 Å². The maximum Gasteiger partial charge on any atom is 0.409 e. The van der Waals surface area contributed by atoms with E-state index in [-0.39, 0.29) is 6.54 Å². The van der Waals surface area contributed by atoms with E-state index >= 15 is 0 Å². The quantitative estimate of drug-likeness (QED) is 0.844. The summed E-state index contributed by atoms with van der Waals surface area (Å²) in [5.74, 6) is -0.576. The minimum Gasteiger partial charge on any atom is -0.444 e. The number of benzene rings is 2. The van der Waals surface area contributed by atoms with E-state index in [1.807, 2.05) is 36.4 Å². The highest BCUT2D eigenvalue weighted by atomic mass is 35.5. The molecule has 0 aliphatic carbocycles. The summed E-state index contributed by atoms with van der Waals surface area (Å²) >= 11 is 6.38. The Morgan fingerprint density at radius 3 is 2.50 bits per heavy atom. The number of carbonyl (C=O) groups is 2. The molecule has 0 bridgehead atoms. The number of amides is 2. The SMILES string of the molecule is CC(C)(C)OC(=O)NC1(C#N)C(=O)N(Cc2ccccc2)c2c(Cl)cccc21. The lowest BCUT2D eigenvalue weighted by Crippen LogP contribution is -2.53. The van der Waals surface area contributed by atoms with Crippen LogP contribution in [0.1, 0.15) is 31.9 Å². The number of hydrogen-bond donors (Lipinski definition) is 1. The van der Waals surface area contributed by atoms with Gasteiger partial charge in [0.2, 0.25) is 5.54 Å². The number of rotatable bonds is 3. The van der Waals surface area contributed by atoms with E-state index in [2.05, 4.69) is 5.32 Å². The van der Waals surface area contributed by atoms with Crippen molar-refractivity contribution in [2.45, 2.75) is 38.5 Å². The first-order valence-corrected chi connectivity index (χ1v) is 9.13. The fraction of sp³-hybridized carbons (Fsp3) is 0.286. The van der Waals surface area contributed by atoms with Crippen molar-refractivity contribution in [3.8, 4) is 6.07 Å². The Balaban J connectivity index is 2.05. The number of anilines is 1. The van der Waals surface area contributed by atoms with E-state index in [1.165, 1.54) is 4.90 Å². The van der Waals surface area contributed by atoms with Crippen LogP contribution in [0.3, 0.4) is 0 Å². The lowest BCUT2D eigenvalue weighted by atomic mass is 9.93. The third-order valence-corrected chi connectivity index (χ3v) is 4.57. The van der Waals surface area contributed by atoms with Crippen LogP contribution in [0.5, 0.6) is 0 Å². The van der Waals surface area contributed by atoms with Gasteiger partial charge < -0.3 is 9.64 Å². The zero-order valence-corrected chi connectivity index (χ0v) is 16.6. The molecule has 28 heavy (non-hydrogen) atoms. The Morgan fingerprint density at radius 1 is 1.21 bits per heavy atom. The summed E-state index contributed by atoms with van der Waals surface area (Å²) < 4.78 is 5.27. The molecule has 0 fully saturated rings. The summed E-state index contributed by atoms with van der Waals surface area (Å²) in [5.41, 5.74) is -1.07. The van der Waals surface area contributed by atoms with Gasteiger partial charge in [-0.1, -0.05) is 54.1 Å². The van der Waals surface area contributed by atoms with Crippen LogP contribution >= 0.6 is 11.6 Å². The van der Waals surface area contributed by atoms with Gasteiger partial charge in [-0.3, -0.25) is 10.1 Å². The van der Waals surface area contributed by atoms with Crippen LogP contribution in [0.25, 0.3) is 0 Å². The molecule has 3 rings (SSSR count). The minimum atomic E-state index is -1.91. The predicted molar refractivity (Wildman–Crippen MR) is 106 cm³/mol. The molecule has 2 aromatic carbocycles. The number of carbonyl (C=O) groups excluding carboxylic acids is 2. The normalized spacial score (nSPS) is 18.4. The average Bonchev–Trinajstić information content (AvgIpc) is 2.85. The molecule has 2 aromatic rings. The van der Waals surface area contributed by atoms with E-state index in [0.717, 1.165) is 5.56 Å². The molecule has 0 aromatic heterocycles. The molecule has 0 saturated heterocycles. The molecule has 1 aliphatic heterocycles. The zero-order valence-electron chi connectivity index (χ0n) is 15.8. The summed E-state index contributed by atoms with van der Waals surface area (Å²) in [6.07, 6.45) is -0.852. The molecule has 0 spiro atoms. The number of nitriles is 1. The van der Waals surface area contributed by atoms with Crippen molar-refractivity contribution in [2.75, 3.05) is 4.90 Å². The molecule has 144 valence electrons. The van der Waals surface area contributed by atoms with Crippen molar-refractivity contribution in [3.05, 3.63) is 64.7 Å². The smallest absolute Gasteiger partial charge is 0.409 e. The van der Waals surface area contributed by atoms with Crippen molar-refractivity contribution >= 4 is 29.3 Å². The minimum absolute atomic E-state index is 0.218. The highest BCUT2D eigenvalue weighted by molar-refractivity contribution is 6.35. The summed E-state index contributed by atoms with van der Waals surface area (Å²) in [4.78, 5) is 27.2. The molecule has 1 N–H and O–H groups in total. The van der Waals surface area contributed by atoms with Crippen molar-refractivity contribution in [2.24, 2.45) is 0 Å². The number of para-hydroxylation sites is 1. The van der Waals surface area contributed by atoms with Crippen LogP contribution in [0, 0.1) is 11.3 Å². The number of hydrogen-bond acceptors (Lipinski definition) is 4. The Morgan fingerprint density at radius 2 is 1.89 bits per heavy atom. The van der Waals surface area contributed by atoms with Crippen LogP contribution < -0.4 is 10.2 Å². The molecule has 1 heterocycles. The number of halogens is 1. The van der Waals surface area contributed by atoms with Crippen LogP contribution in [-0.4, -0.2) is 17.6 Å². The molecular weight excluding hydrogens is 378 g/mol. The van der Waals surface area contributed by atoms with Gasteiger partial charge in [0.15, 0.2) is 0 Å². The molecule has 0 saturated carbocycles. The van der Waals surface area contributed by atoms with Gasteiger partial charge in [0.25, 0.3) is 5.91 Å². The molecule has 6 nitrogen and oxygen atoms in total. The Hall–Kier alpha value is -3.04. The molecule has 1 aliphatic rings. The fourth-order valence-electron chi connectivity index (χ4n) is 3.14. The van der Waals surface area contributed by atoms with Gasteiger partial charge in [-0.25, -0.2) is 4.79 Å². The van der Waals surface area contributed by atoms with E-state index < -0.39 is 23.1 Å². The number of fused-ring (bicyclic) bond motifs is 1. The Kier molecular flexibility index (Phi) is 5.05. The predicted octanol–water partition coefficient (Wildman–Crippen LogP) is 4.13. The fourth-order valence-corrected chi connectivity index (χ4v) is 3.42. The molecule has 0 radical (unpaired) electrons. The maximum absolute atomic E-state index is 13.3. The van der Waals surface area contributed by atoms with Gasteiger partial charge >= 0.3 is 6.09 Å². The number of ether oxygens (including phenoxy) is 1. The zero-order chi connectivity index (χ0) is 20.5. The average molecular weight is 398 g/mol. The first-order valence-electron chi connectivity index (χ1n) is 8.75. The van der Waals surface area contributed by atoms with Gasteiger partial charge in [0.05, 0.1) is 17.3 Å². The van der Waals surface area contributed by atoms with E-state index in [1.54, 1.807) is 39.0 Å². The summed E-state index contributed by atoms with van der Waals surface area (Å²) in [5, 5.41) is 12.7. The second kappa shape index (κ2) is 7.17. The van der Waals surface area contributed by atoms with Gasteiger partial charge in [0.1, 0.15) is 11.7 Å². The van der Waals surface area contributed by atoms with Gasteiger partial charge in [-0.05, 0) is 32.4 Å². The molecule has 2 amide bonds. The summed E-state index contributed by atoms with van der Waals surface area (Å²) in [7, 11) is 0. The third-order valence-electron chi connectivity index (χ3n) is 4.27. The van der Waals surface area contributed by atoms with Gasteiger partial charge in [-0.2, -0.15) is 5.26 Å². The lowest BCUT2D eigenvalue weighted by Gasteiger charge is -2.26. The van der Waals surface area contributed by atoms with Crippen molar-refractivity contribution < 1.29 is 14.3 Å². The Labute approximate surface area is 168 Å². The second-order valence-electron chi connectivity index (χ2n) is 7.50. The van der Waals surface area contributed by atoms with Crippen LogP contribution in [0.4, 0.5) is 10.5 Å². The number of nitrogens with zero attached hydrogens (tertiary/aromatic N) is 2. The molecule has 1 atom stereocenters. The summed E-state index contributed by atoms with van der Waals surface area (Å²) in [6, 6.07) is 16.2. The first-order chi connectivity index (χ1) is 13.2. The van der Waals surface area contributed by atoms with Crippen molar-refractivity contribution in [1.29, 1.82) is 5.26 Å². The molecule has 7 heteroatoms. The second-order valence-corrected chi connectivity index (χ2v) is 7.91. The number of alkyl carbamates (subject to hydrolysis) is 1. The highest BCUT2D eigenvalue weighted by Gasteiger charge is 2.54. The molecule has 1 unspecified atom stereocenters. The lowest BCUT2D eigenvalue weighted by molar-refractivity contribution is -0.122. The van der Waals surface area contributed by atoms with E-state index in [4.69, 9.17) is 16.3 Å². The van der Waals surface area contributed by atoms with Crippen LogP contribution in [0.2, 0.25) is 5.02 Å². The largest absolute Gasteiger partial charge is 0.444 e. The van der Waals surface area contributed by atoms with E-state index in [9.17, 15) is 14.9 Å². The standard InChI is InChI=1S/C21H20ClN3O3/c1-20(2,3)28-19(27)24-21(13-23)15-10-7-11-16(22)17(15)25(18(21)26)12-14-8-5-4-6-9-14/h4-11H,12H2,1-3H3,(H,24,27). The van der Waals surface area contributed by atoms with Crippen LogP contribution in [0.15, 0.2) is 48.5 Å².